The molecule has 0 N–H and O–H groups in total. The lowest BCUT2D eigenvalue weighted by molar-refractivity contribution is -0.166. The van der Waals surface area contributed by atoms with Crippen LogP contribution in [0.2, 0.25) is 0 Å². The molecule has 0 radical (unpaired) electrons. The molecule has 0 amide bonds. The maximum absolute atomic E-state index is 12.8. The van der Waals surface area contributed by atoms with Crippen LogP contribution in [0.3, 0.4) is 0 Å². The van der Waals surface area contributed by atoms with Crippen molar-refractivity contribution in [1.82, 2.24) is 0 Å². The lowest BCUT2D eigenvalue weighted by Crippen LogP contribution is -2.30. The van der Waals surface area contributed by atoms with Crippen molar-refractivity contribution in [2.45, 2.75) is 207 Å². The van der Waals surface area contributed by atoms with E-state index in [4.69, 9.17) is 14.2 Å². The first kappa shape index (κ1) is 65.8. The van der Waals surface area contributed by atoms with Crippen molar-refractivity contribution in [3.05, 3.63) is 170 Å². The Balaban J connectivity index is 4.59. The molecule has 0 aliphatic rings. The highest BCUT2D eigenvalue weighted by Gasteiger charge is 2.19. The number of unbranched alkanes of at least 4 members (excludes halogenated alkanes) is 8. The predicted octanol–water partition coefficient (Wildman–Crippen LogP) is 18.8. The fourth-order valence-electron chi connectivity index (χ4n) is 6.68. The minimum atomic E-state index is -0.843. The number of carbonyl (C=O) groups excluding carboxylic acids is 3. The van der Waals surface area contributed by atoms with Crippen molar-refractivity contribution < 1.29 is 28.6 Å². The molecule has 0 saturated heterocycles. The number of rotatable bonds is 47. The Morgan fingerprint density at radius 1 is 0.282 bits per heavy atom. The van der Waals surface area contributed by atoms with Gasteiger partial charge in [-0.05, 0) is 135 Å². The summed E-state index contributed by atoms with van der Waals surface area (Å²) in [4.78, 5) is 38.1. The van der Waals surface area contributed by atoms with Crippen LogP contribution in [0.15, 0.2) is 170 Å². The van der Waals surface area contributed by atoms with E-state index in [1.165, 1.54) is 12.8 Å². The van der Waals surface area contributed by atoms with Gasteiger partial charge in [0.1, 0.15) is 13.2 Å². The molecule has 0 bridgehead atoms. The van der Waals surface area contributed by atoms with Gasteiger partial charge in [0.15, 0.2) is 6.10 Å². The lowest BCUT2D eigenvalue weighted by atomic mass is 10.1. The average Bonchev–Trinajstić information content (AvgIpc) is 3.37. The summed E-state index contributed by atoms with van der Waals surface area (Å²) in [5.41, 5.74) is 0. The van der Waals surface area contributed by atoms with Gasteiger partial charge in [0.2, 0.25) is 0 Å². The van der Waals surface area contributed by atoms with Crippen LogP contribution < -0.4 is 0 Å². The summed E-state index contributed by atoms with van der Waals surface area (Å²) in [6, 6.07) is 0. The Labute approximate surface area is 434 Å². The Bertz CT molecular complexity index is 1690. The molecule has 0 aliphatic heterocycles. The number of hydrogen-bond acceptors (Lipinski definition) is 6. The summed E-state index contributed by atoms with van der Waals surface area (Å²) >= 11 is 0. The van der Waals surface area contributed by atoms with E-state index in [0.29, 0.717) is 12.8 Å². The van der Waals surface area contributed by atoms with Crippen LogP contribution in [-0.2, 0) is 28.6 Å². The molecule has 0 aliphatic carbocycles. The molecule has 0 spiro atoms. The number of esters is 3. The summed E-state index contributed by atoms with van der Waals surface area (Å²) in [7, 11) is 0. The van der Waals surface area contributed by atoms with Crippen LogP contribution in [0.5, 0.6) is 0 Å². The fraction of sp³-hybridized carbons (Fsp3) is 0.523. The number of allylic oxidation sites excluding steroid dienone is 28. The van der Waals surface area contributed by atoms with E-state index in [1.807, 2.05) is 12.2 Å². The Kier molecular flexibility index (Phi) is 53.1. The average molecular weight is 975 g/mol. The van der Waals surface area contributed by atoms with Gasteiger partial charge in [0.25, 0.3) is 0 Å². The quantitative estimate of drug-likeness (QED) is 0.0262. The molecule has 0 aromatic heterocycles. The van der Waals surface area contributed by atoms with Crippen LogP contribution in [0.25, 0.3) is 0 Å². The van der Waals surface area contributed by atoms with Gasteiger partial charge in [0.05, 0.1) is 0 Å². The molecule has 0 fully saturated rings. The normalized spacial score (nSPS) is 13.5. The molecule has 0 aromatic carbocycles. The van der Waals surface area contributed by atoms with E-state index in [2.05, 4.69) is 179 Å². The summed E-state index contributed by atoms with van der Waals surface area (Å²) in [6.45, 7) is 6.15. The molecule has 71 heavy (non-hydrogen) atoms. The summed E-state index contributed by atoms with van der Waals surface area (Å²) < 4.78 is 16.7. The molecular formula is C65H98O6. The van der Waals surface area contributed by atoms with E-state index >= 15 is 0 Å². The third-order valence-electron chi connectivity index (χ3n) is 10.7. The van der Waals surface area contributed by atoms with Crippen molar-refractivity contribution in [2.75, 3.05) is 13.2 Å². The second-order valence-electron chi connectivity index (χ2n) is 17.3. The first-order chi connectivity index (χ1) is 35.0. The highest BCUT2D eigenvalue weighted by molar-refractivity contribution is 5.71. The van der Waals surface area contributed by atoms with E-state index in [9.17, 15) is 14.4 Å². The largest absolute Gasteiger partial charge is 0.462 e. The van der Waals surface area contributed by atoms with Crippen LogP contribution >= 0.6 is 0 Å². The van der Waals surface area contributed by atoms with Crippen LogP contribution in [0.4, 0.5) is 0 Å². The molecule has 1 unspecified atom stereocenters. The first-order valence-electron chi connectivity index (χ1n) is 27.6. The topological polar surface area (TPSA) is 78.9 Å². The second kappa shape index (κ2) is 57.3. The zero-order valence-corrected chi connectivity index (χ0v) is 44.9. The SMILES string of the molecule is CC/C=C\C/C=C\C/C=C\C/C=C\C/C=C\C/C=C\CCCCC(=O)OCC(COC(=O)CC/C=C\C/C=C\C/C=C\C/C=C\CC)OC(=O)CCCCCCCC/C=C\C/C=C\C/C=C\C/C=C\CC. The highest BCUT2D eigenvalue weighted by Crippen LogP contribution is 2.12. The zero-order chi connectivity index (χ0) is 51.4. The van der Waals surface area contributed by atoms with Crippen LogP contribution in [0, 0.1) is 0 Å². The standard InChI is InChI=1S/C65H98O6/c1-4-7-10-13-16-19-22-25-27-29-31-32-34-35-37-40-43-46-49-52-55-58-64(67)70-61-62(60-69-63(66)57-54-51-48-45-42-39-24-21-18-15-12-9-6-3)71-65(68)59-56-53-50-47-44-41-38-36-33-30-28-26-23-20-17-14-11-8-5-2/h7-12,16-21,25-28,31-33,35-37,39,42-43,46,48,51,62H,4-6,13-15,22-24,29-30,34,38,40-41,44-45,47,49-50,52-61H2,1-3H3/b10-7-,11-8-,12-9-,19-16-,20-17-,21-18-,27-25-,28-26-,32-31-,36-33-,37-35-,42-39-,46-43-,51-48-. The smallest absolute Gasteiger partial charge is 0.306 e. The Hall–Kier alpha value is -5.23. The highest BCUT2D eigenvalue weighted by atomic mass is 16.6. The van der Waals surface area contributed by atoms with Gasteiger partial charge in [-0.15, -0.1) is 0 Å². The predicted molar refractivity (Wildman–Crippen MR) is 306 cm³/mol. The van der Waals surface area contributed by atoms with E-state index in [-0.39, 0.29) is 50.4 Å². The fourth-order valence-corrected chi connectivity index (χ4v) is 6.68. The summed E-state index contributed by atoms with van der Waals surface area (Å²) in [5, 5.41) is 0. The summed E-state index contributed by atoms with van der Waals surface area (Å²) in [6.07, 6.45) is 85.0. The Morgan fingerprint density at radius 2 is 0.535 bits per heavy atom. The van der Waals surface area contributed by atoms with Crippen molar-refractivity contribution in [2.24, 2.45) is 0 Å². The van der Waals surface area contributed by atoms with Gasteiger partial charge in [-0.2, -0.15) is 0 Å². The van der Waals surface area contributed by atoms with Crippen molar-refractivity contribution in [3.63, 3.8) is 0 Å². The molecule has 394 valence electrons. The van der Waals surface area contributed by atoms with E-state index in [0.717, 1.165) is 135 Å². The minimum Gasteiger partial charge on any atom is -0.462 e. The third-order valence-corrected chi connectivity index (χ3v) is 10.7. The summed E-state index contributed by atoms with van der Waals surface area (Å²) in [5.74, 6) is -1.09. The van der Waals surface area contributed by atoms with Gasteiger partial charge >= 0.3 is 17.9 Å². The number of hydrogen-bond donors (Lipinski definition) is 0. The monoisotopic (exact) mass is 975 g/mol. The van der Waals surface area contributed by atoms with Gasteiger partial charge < -0.3 is 14.2 Å². The minimum absolute atomic E-state index is 0.138. The van der Waals surface area contributed by atoms with Gasteiger partial charge in [0, 0.05) is 19.3 Å². The molecule has 0 aromatic rings. The van der Waals surface area contributed by atoms with E-state index in [1.54, 1.807) is 0 Å². The molecule has 6 nitrogen and oxygen atoms in total. The maximum atomic E-state index is 12.8. The van der Waals surface area contributed by atoms with Crippen LogP contribution in [-0.4, -0.2) is 37.2 Å². The third kappa shape index (κ3) is 55.6. The Morgan fingerprint density at radius 3 is 0.901 bits per heavy atom. The van der Waals surface area contributed by atoms with Crippen molar-refractivity contribution in [3.8, 4) is 0 Å². The maximum Gasteiger partial charge on any atom is 0.306 e. The van der Waals surface area contributed by atoms with Gasteiger partial charge in [-0.3, -0.25) is 14.4 Å². The first-order valence-corrected chi connectivity index (χ1v) is 27.6. The molecule has 1 atom stereocenters. The lowest BCUT2D eigenvalue weighted by Gasteiger charge is -2.18. The number of ether oxygens (including phenoxy) is 3. The molecule has 0 heterocycles. The molecule has 0 saturated carbocycles. The second-order valence-corrected chi connectivity index (χ2v) is 17.3. The molecule has 6 heteroatoms. The molecular weight excluding hydrogens is 877 g/mol. The van der Waals surface area contributed by atoms with Gasteiger partial charge in [-0.25, -0.2) is 0 Å². The van der Waals surface area contributed by atoms with Gasteiger partial charge in [-0.1, -0.05) is 217 Å². The zero-order valence-electron chi connectivity index (χ0n) is 44.9. The van der Waals surface area contributed by atoms with Crippen molar-refractivity contribution >= 4 is 17.9 Å². The number of carbonyl (C=O) groups is 3. The van der Waals surface area contributed by atoms with Crippen LogP contribution in [0.1, 0.15) is 201 Å². The van der Waals surface area contributed by atoms with E-state index < -0.39 is 6.10 Å². The molecule has 0 rings (SSSR count). The van der Waals surface area contributed by atoms with Crippen molar-refractivity contribution in [1.29, 1.82) is 0 Å².